The largest absolute Gasteiger partial charge is 0.434 e. The third-order valence-corrected chi connectivity index (χ3v) is 3.97. The van der Waals surface area contributed by atoms with Crippen LogP contribution in [0.25, 0.3) is 0 Å². The summed E-state index contributed by atoms with van der Waals surface area (Å²) in [7, 11) is 0. The third-order valence-electron chi connectivity index (χ3n) is 3.97. The van der Waals surface area contributed by atoms with Crippen molar-refractivity contribution in [2.24, 2.45) is 0 Å². The van der Waals surface area contributed by atoms with E-state index in [0.717, 1.165) is 0 Å². The summed E-state index contributed by atoms with van der Waals surface area (Å²) < 4.78 is 11.0. The number of anilines is 1. The van der Waals surface area contributed by atoms with Gasteiger partial charge in [-0.25, -0.2) is 4.98 Å². The van der Waals surface area contributed by atoms with Crippen molar-refractivity contribution in [3.63, 3.8) is 0 Å². The van der Waals surface area contributed by atoms with Crippen molar-refractivity contribution in [2.45, 2.75) is 13.8 Å². The van der Waals surface area contributed by atoms with E-state index in [-0.39, 0.29) is 23.0 Å². The molecule has 136 valence electrons. The quantitative estimate of drug-likeness (QED) is 0.456. The van der Waals surface area contributed by atoms with Crippen molar-refractivity contribution in [1.29, 1.82) is 0 Å². The fraction of sp³-hybridized carbons (Fsp3) is 0.353. The number of nitro groups is 1. The molecule has 9 heteroatoms. The standard InChI is InChI=1S/C17H18N4O5/c1-11-15(21(23)24)16(19-17(18-11)20-7-9-25-10-8-20)26-14-5-3-13(4-6-14)12(2)22/h3-6H,7-10H2,1-2H3. The van der Waals surface area contributed by atoms with Crippen molar-refractivity contribution in [3.8, 4) is 11.6 Å². The number of ketones is 1. The second kappa shape index (κ2) is 7.44. The molecule has 0 amide bonds. The van der Waals surface area contributed by atoms with Crippen LogP contribution < -0.4 is 9.64 Å². The average molecular weight is 358 g/mol. The highest BCUT2D eigenvalue weighted by Gasteiger charge is 2.26. The van der Waals surface area contributed by atoms with Crippen molar-refractivity contribution in [1.82, 2.24) is 9.97 Å². The van der Waals surface area contributed by atoms with Gasteiger partial charge in [0, 0.05) is 18.7 Å². The van der Waals surface area contributed by atoms with Crippen LogP contribution in [0.4, 0.5) is 11.6 Å². The molecule has 1 fully saturated rings. The van der Waals surface area contributed by atoms with Gasteiger partial charge < -0.3 is 14.4 Å². The lowest BCUT2D eigenvalue weighted by atomic mass is 10.1. The molecule has 1 aromatic carbocycles. The molecule has 0 N–H and O–H groups in total. The number of ether oxygens (including phenoxy) is 2. The normalized spacial score (nSPS) is 14.2. The van der Waals surface area contributed by atoms with E-state index >= 15 is 0 Å². The number of hydrogen-bond acceptors (Lipinski definition) is 8. The van der Waals surface area contributed by atoms with Crippen LogP contribution in [-0.2, 0) is 4.74 Å². The first-order valence-corrected chi connectivity index (χ1v) is 8.10. The van der Waals surface area contributed by atoms with E-state index in [0.29, 0.717) is 43.6 Å². The van der Waals surface area contributed by atoms with Gasteiger partial charge in [0.15, 0.2) is 5.78 Å². The summed E-state index contributed by atoms with van der Waals surface area (Å²) in [6, 6.07) is 6.35. The Bertz CT molecular complexity index is 832. The van der Waals surface area contributed by atoms with Crippen LogP contribution in [-0.4, -0.2) is 47.0 Å². The highest BCUT2D eigenvalue weighted by molar-refractivity contribution is 5.94. The van der Waals surface area contributed by atoms with Crippen LogP contribution >= 0.6 is 0 Å². The van der Waals surface area contributed by atoms with Gasteiger partial charge in [0.25, 0.3) is 0 Å². The van der Waals surface area contributed by atoms with E-state index in [1.807, 2.05) is 4.90 Å². The second-order valence-corrected chi connectivity index (χ2v) is 5.80. The fourth-order valence-corrected chi connectivity index (χ4v) is 2.58. The molecule has 1 saturated heterocycles. The molecule has 26 heavy (non-hydrogen) atoms. The van der Waals surface area contributed by atoms with Gasteiger partial charge in [0.2, 0.25) is 5.95 Å². The number of carbonyl (C=O) groups excluding carboxylic acids is 1. The van der Waals surface area contributed by atoms with E-state index in [2.05, 4.69) is 9.97 Å². The summed E-state index contributed by atoms with van der Waals surface area (Å²) in [5.41, 5.74) is 0.472. The SMILES string of the molecule is CC(=O)c1ccc(Oc2nc(N3CCOCC3)nc(C)c2[N+](=O)[O-])cc1. The molecule has 0 aliphatic carbocycles. The van der Waals surface area contributed by atoms with E-state index in [9.17, 15) is 14.9 Å². The number of nitrogens with zero attached hydrogens (tertiary/aromatic N) is 4. The smallest absolute Gasteiger partial charge is 0.352 e. The van der Waals surface area contributed by atoms with Crippen molar-refractivity contribution in [3.05, 3.63) is 45.6 Å². The Morgan fingerprint density at radius 3 is 2.46 bits per heavy atom. The number of morpholine rings is 1. The number of aryl methyl sites for hydroxylation is 1. The Kier molecular flexibility index (Phi) is 5.08. The first kappa shape index (κ1) is 17.7. The lowest BCUT2D eigenvalue weighted by molar-refractivity contribution is -0.386. The molecule has 0 bridgehead atoms. The number of carbonyl (C=O) groups is 1. The zero-order valence-corrected chi connectivity index (χ0v) is 14.5. The Balaban J connectivity index is 1.95. The maximum atomic E-state index is 11.4. The molecule has 0 saturated carbocycles. The Morgan fingerprint density at radius 2 is 1.88 bits per heavy atom. The first-order valence-electron chi connectivity index (χ1n) is 8.10. The minimum Gasteiger partial charge on any atom is -0.434 e. The molecule has 2 heterocycles. The van der Waals surface area contributed by atoms with Gasteiger partial charge in [-0.3, -0.25) is 14.9 Å². The predicted molar refractivity (Wildman–Crippen MR) is 93.0 cm³/mol. The molecule has 1 aliphatic rings. The van der Waals surface area contributed by atoms with Crippen LogP contribution in [0.1, 0.15) is 23.0 Å². The molecule has 0 spiro atoms. The van der Waals surface area contributed by atoms with Crippen molar-refractivity contribution >= 4 is 17.4 Å². The fourth-order valence-electron chi connectivity index (χ4n) is 2.58. The molecular weight excluding hydrogens is 340 g/mol. The summed E-state index contributed by atoms with van der Waals surface area (Å²) in [4.78, 5) is 32.6. The maximum Gasteiger partial charge on any atom is 0.352 e. The molecule has 0 unspecified atom stereocenters. The molecule has 9 nitrogen and oxygen atoms in total. The molecule has 0 atom stereocenters. The second-order valence-electron chi connectivity index (χ2n) is 5.80. The van der Waals surface area contributed by atoms with E-state index < -0.39 is 4.92 Å². The van der Waals surface area contributed by atoms with Gasteiger partial charge in [0.05, 0.1) is 18.1 Å². The van der Waals surface area contributed by atoms with Gasteiger partial charge in [0.1, 0.15) is 11.4 Å². The summed E-state index contributed by atoms with van der Waals surface area (Å²) in [6.45, 7) is 5.30. The molecule has 1 aliphatic heterocycles. The summed E-state index contributed by atoms with van der Waals surface area (Å²) in [5.74, 6) is 0.519. The average Bonchev–Trinajstić information content (AvgIpc) is 2.62. The molecule has 0 radical (unpaired) electrons. The number of rotatable bonds is 5. The highest BCUT2D eigenvalue weighted by atomic mass is 16.6. The summed E-state index contributed by atoms with van der Waals surface area (Å²) in [6.07, 6.45) is 0. The Morgan fingerprint density at radius 1 is 1.23 bits per heavy atom. The number of benzene rings is 1. The Labute approximate surface area is 149 Å². The zero-order valence-electron chi connectivity index (χ0n) is 14.5. The van der Waals surface area contributed by atoms with Gasteiger partial charge in [-0.05, 0) is 38.1 Å². The summed E-state index contributed by atoms with van der Waals surface area (Å²) >= 11 is 0. The molecular formula is C17H18N4O5. The van der Waals surface area contributed by atoms with E-state index in [1.165, 1.54) is 6.92 Å². The Hall–Kier alpha value is -3.07. The number of hydrogen-bond donors (Lipinski definition) is 0. The van der Waals surface area contributed by atoms with Crippen LogP contribution in [0.5, 0.6) is 11.6 Å². The monoisotopic (exact) mass is 358 g/mol. The number of aromatic nitrogens is 2. The maximum absolute atomic E-state index is 11.4. The van der Waals surface area contributed by atoms with Crippen molar-refractivity contribution < 1.29 is 19.2 Å². The van der Waals surface area contributed by atoms with E-state index in [4.69, 9.17) is 9.47 Å². The van der Waals surface area contributed by atoms with Gasteiger partial charge in [-0.2, -0.15) is 4.98 Å². The van der Waals surface area contributed by atoms with Gasteiger partial charge in [-0.15, -0.1) is 0 Å². The molecule has 2 aromatic rings. The van der Waals surface area contributed by atoms with Crippen LogP contribution in [0.2, 0.25) is 0 Å². The lowest BCUT2D eigenvalue weighted by Gasteiger charge is -2.27. The van der Waals surface area contributed by atoms with Crippen LogP contribution in [0.15, 0.2) is 24.3 Å². The van der Waals surface area contributed by atoms with Gasteiger partial charge in [-0.1, -0.05) is 0 Å². The lowest BCUT2D eigenvalue weighted by Crippen LogP contribution is -2.37. The zero-order chi connectivity index (χ0) is 18.7. The third kappa shape index (κ3) is 3.77. The minimum atomic E-state index is -0.558. The molecule has 3 rings (SSSR count). The minimum absolute atomic E-state index is 0.0741. The van der Waals surface area contributed by atoms with E-state index in [1.54, 1.807) is 31.2 Å². The summed E-state index contributed by atoms with van der Waals surface area (Å²) in [5, 5.41) is 11.4. The van der Waals surface area contributed by atoms with Crippen LogP contribution in [0, 0.1) is 17.0 Å². The predicted octanol–water partition coefficient (Wildman–Crippen LogP) is 2.52. The van der Waals surface area contributed by atoms with Crippen LogP contribution in [0.3, 0.4) is 0 Å². The van der Waals surface area contributed by atoms with Gasteiger partial charge >= 0.3 is 11.6 Å². The van der Waals surface area contributed by atoms with Crippen molar-refractivity contribution in [2.75, 3.05) is 31.2 Å². The number of Topliss-reactive ketones (excluding diaryl/α,β-unsaturated/α-hetero) is 1. The first-order chi connectivity index (χ1) is 12.5. The topological polar surface area (TPSA) is 108 Å². The highest BCUT2D eigenvalue weighted by Crippen LogP contribution is 2.33. The molecule has 1 aromatic heterocycles.